The molecule has 0 bridgehead atoms. The number of carbonyl (C=O) groups is 1. The minimum absolute atomic E-state index is 0.0493. The quantitative estimate of drug-likeness (QED) is 0.401. The zero-order valence-electron chi connectivity index (χ0n) is 17.5. The molecule has 0 spiro atoms. The number of amides is 1. The summed E-state index contributed by atoms with van der Waals surface area (Å²) in [4.78, 5) is 15.1. The molecular weight excluding hydrogens is 432 g/mol. The molecule has 162 valence electrons. The first-order valence-corrected chi connectivity index (χ1v) is 11.9. The van der Waals surface area contributed by atoms with Crippen LogP contribution in [-0.2, 0) is 17.9 Å². The molecule has 0 aliphatic heterocycles. The molecule has 0 radical (unpaired) electrons. The number of hydrogen-bond donors (Lipinski definition) is 0. The third kappa shape index (κ3) is 5.22. The van der Waals surface area contributed by atoms with Crippen LogP contribution in [-0.4, -0.2) is 31.3 Å². The van der Waals surface area contributed by atoms with Crippen molar-refractivity contribution in [1.29, 1.82) is 0 Å². The van der Waals surface area contributed by atoms with Gasteiger partial charge in [-0.2, -0.15) is 0 Å². The Kier molecular flexibility index (Phi) is 7.14. The summed E-state index contributed by atoms with van der Waals surface area (Å²) in [5.74, 6) is 1.90. The van der Waals surface area contributed by atoms with Gasteiger partial charge in [-0.25, -0.2) is 0 Å². The number of allylic oxidation sites excluding steroid dienone is 2. The molecule has 2 aromatic heterocycles. The molecule has 1 aromatic carbocycles. The van der Waals surface area contributed by atoms with Crippen LogP contribution in [0.4, 0.5) is 0 Å². The van der Waals surface area contributed by atoms with Gasteiger partial charge in [0.05, 0.1) is 18.6 Å². The lowest BCUT2D eigenvalue weighted by Crippen LogP contribution is -2.32. The number of nitrogens with zero attached hydrogens (tertiary/aromatic N) is 4. The van der Waals surface area contributed by atoms with E-state index in [0.717, 1.165) is 47.3 Å². The second-order valence-electron chi connectivity index (χ2n) is 7.35. The fourth-order valence-corrected chi connectivity index (χ4v) is 4.68. The number of carbonyl (C=O) groups excluding carboxylic acids is 1. The summed E-state index contributed by atoms with van der Waals surface area (Å²) in [6.07, 6.45) is 8.04. The van der Waals surface area contributed by atoms with Gasteiger partial charge in [-0.05, 0) is 69.0 Å². The Balaban J connectivity index is 1.49. The zero-order valence-corrected chi connectivity index (χ0v) is 19.0. The Bertz CT molecular complexity index is 1040. The Morgan fingerprint density at radius 1 is 1.23 bits per heavy atom. The molecule has 6 nitrogen and oxygen atoms in total. The van der Waals surface area contributed by atoms with Crippen LogP contribution in [0.2, 0.25) is 5.02 Å². The van der Waals surface area contributed by atoms with Crippen molar-refractivity contribution in [1.82, 2.24) is 19.7 Å². The van der Waals surface area contributed by atoms with Crippen LogP contribution in [0.1, 0.15) is 38.4 Å². The van der Waals surface area contributed by atoms with Crippen LogP contribution in [0.3, 0.4) is 0 Å². The Morgan fingerprint density at radius 3 is 2.74 bits per heavy atom. The highest BCUT2D eigenvalue weighted by Crippen LogP contribution is 2.27. The molecule has 2 heterocycles. The monoisotopic (exact) mass is 456 g/mol. The highest BCUT2D eigenvalue weighted by Gasteiger charge is 2.22. The summed E-state index contributed by atoms with van der Waals surface area (Å²) in [7, 11) is 0. The zero-order chi connectivity index (χ0) is 21.6. The average molecular weight is 457 g/mol. The summed E-state index contributed by atoms with van der Waals surface area (Å²) in [6.45, 7) is 3.21. The Labute approximate surface area is 191 Å². The molecular formula is C23H25ClN4O2S. The Hall–Kier alpha value is -2.51. The maximum absolute atomic E-state index is 13.2. The van der Waals surface area contributed by atoms with Crippen LogP contribution in [0.15, 0.2) is 64.0 Å². The van der Waals surface area contributed by atoms with Crippen molar-refractivity contribution in [2.45, 2.75) is 50.9 Å². The average Bonchev–Trinajstić information content (AvgIpc) is 3.46. The molecule has 1 aliphatic carbocycles. The molecule has 0 saturated carbocycles. The molecule has 0 atom stereocenters. The highest BCUT2D eigenvalue weighted by molar-refractivity contribution is 7.99. The van der Waals surface area contributed by atoms with Gasteiger partial charge >= 0.3 is 0 Å². The molecule has 0 fully saturated rings. The van der Waals surface area contributed by atoms with Gasteiger partial charge in [0, 0.05) is 22.8 Å². The fraction of sp³-hybridized carbons (Fsp3) is 0.348. The molecule has 4 rings (SSSR count). The van der Waals surface area contributed by atoms with E-state index in [9.17, 15) is 4.79 Å². The summed E-state index contributed by atoms with van der Waals surface area (Å²) in [6, 6.07) is 11.3. The maximum Gasteiger partial charge on any atom is 0.237 e. The summed E-state index contributed by atoms with van der Waals surface area (Å²) >= 11 is 7.42. The van der Waals surface area contributed by atoms with Crippen molar-refractivity contribution in [3.05, 3.63) is 65.2 Å². The van der Waals surface area contributed by atoms with E-state index in [1.54, 1.807) is 6.26 Å². The van der Waals surface area contributed by atoms with E-state index in [1.165, 1.54) is 18.2 Å². The lowest BCUT2D eigenvalue weighted by atomic mass is 10.0. The highest BCUT2D eigenvalue weighted by atomic mass is 35.5. The van der Waals surface area contributed by atoms with E-state index in [0.29, 0.717) is 18.1 Å². The normalized spacial score (nSPS) is 13.8. The Morgan fingerprint density at radius 2 is 2.06 bits per heavy atom. The first kappa shape index (κ1) is 21.7. The molecule has 8 heteroatoms. The predicted molar refractivity (Wildman–Crippen MR) is 123 cm³/mol. The van der Waals surface area contributed by atoms with Crippen molar-refractivity contribution < 1.29 is 9.21 Å². The number of hydrogen-bond acceptors (Lipinski definition) is 5. The van der Waals surface area contributed by atoms with Crippen molar-refractivity contribution >= 4 is 29.3 Å². The fourth-order valence-electron chi connectivity index (χ4n) is 3.67. The minimum atomic E-state index is 0.0493. The van der Waals surface area contributed by atoms with Crippen molar-refractivity contribution in [2.75, 3.05) is 5.75 Å². The number of benzene rings is 1. The van der Waals surface area contributed by atoms with Gasteiger partial charge in [0.25, 0.3) is 0 Å². The first-order chi connectivity index (χ1) is 15.2. The summed E-state index contributed by atoms with van der Waals surface area (Å²) < 4.78 is 7.53. The van der Waals surface area contributed by atoms with Gasteiger partial charge in [0.1, 0.15) is 5.76 Å². The van der Waals surface area contributed by atoms with E-state index in [-0.39, 0.29) is 11.7 Å². The summed E-state index contributed by atoms with van der Waals surface area (Å²) in [5, 5.41) is 10.1. The topological polar surface area (TPSA) is 64.2 Å². The smallest absolute Gasteiger partial charge is 0.237 e. The SMILES string of the molecule is CCn1c(SCC(=O)N(Cc2ccco2)C2=CCCCC2)nnc1-c1ccc(Cl)cc1. The van der Waals surface area contributed by atoms with Crippen molar-refractivity contribution in [3.8, 4) is 11.4 Å². The third-order valence-electron chi connectivity index (χ3n) is 5.27. The van der Waals surface area contributed by atoms with Crippen molar-refractivity contribution in [3.63, 3.8) is 0 Å². The van der Waals surface area contributed by atoms with Crippen LogP contribution in [0.5, 0.6) is 0 Å². The molecule has 1 aliphatic rings. The van der Waals surface area contributed by atoms with Crippen LogP contribution < -0.4 is 0 Å². The molecule has 3 aromatic rings. The largest absolute Gasteiger partial charge is 0.467 e. The van der Waals surface area contributed by atoms with Gasteiger partial charge in [-0.3, -0.25) is 4.79 Å². The number of furan rings is 1. The van der Waals surface area contributed by atoms with Crippen LogP contribution in [0.25, 0.3) is 11.4 Å². The van der Waals surface area contributed by atoms with Gasteiger partial charge in [-0.1, -0.05) is 29.4 Å². The predicted octanol–water partition coefficient (Wildman–Crippen LogP) is 5.79. The van der Waals surface area contributed by atoms with Gasteiger partial charge in [0.15, 0.2) is 11.0 Å². The van der Waals surface area contributed by atoms with Crippen LogP contribution in [0, 0.1) is 0 Å². The van der Waals surface area contributed by atoms with E-state index >= 15 is 0 Å². The minimum Gasteiger partial charge on any atom is -0.467 e. The van der Waals surface area contributed by atoms with Crippen molar-refractivity contribution in [2.24, 2.45) is 0 Å². The second kappa shape index (κ2) is 10.2. The van der Waals surface area contributed by atoms with E-state index in [1.807, 2.05) is 52.8 Å². The number of thioether (sulfide) groups is 1. The summed E-state index contributed by atoms with van der Waals surface area (Å²) in [5.41, 5.74) is 2.04. The van der Waals surface area contributed by atoms with E-state index < -0.39 is 0 Å². The maximum atomic E-state index is 13.2. The molecule has 0 unspecified atom stereocenters. The van der Waals surface area contributed by atoms with E-state index in [4.69, 9.17) is 16.0 Å². The van der Waals surface area contributed by atoms with E-state index in [2.05, 4.69) is 16.3 Å². The lowest BCUT2D eigenvalue weighted by molar-refractivity contribution is -0.127. The van der Waals surface area contributed by atoms with Crippen LogP contribution >= 0.6 is 23.4 Å². The molecule has 1 amide bonds. The number of aromatic nitrogens is 3. The standard InChI is InChI=1S/C23H25ClN4O2S/c1-2-27-22(17-10-12-18(24)13-11-17)25-26-23(27)31-16-21(29)28(15-20-9-6-14-30-20)19-7-4-3-5-8-19/h6-7,9-14H,2-5,8,15-16H2,1H3. The van der Waals surface area contributed by atoms with Gasteiger partial charge in [-0.15, -0.1) is 10.2 Å². The molecule has 31 heavy (non-hydrogen) atoms. The van der Waals surface area contributed by atoms with Gasteiger partial charge in [0.2, 0.25) is 5.91 Å². The first-order valence-electron chi connectivity index (χ1n) is 10.5. The third-order valence-corrected chi connectivity index (χ3v) is 6.47. The van der Waals surface area contributed by atoms with Gasteiger partial charge < -0.3 is 13.9 Å². The molecule has 0 N–H and O–H groups in total. The number of halogens is 1. The number of rotatable bonds is 8. The second-order valence-corrected chi connectivity index (χ2v) is 8.73. The lowest BCUT2D eigenvalue weighted by Gasteiger charge is -2.27. The molecule has 0 saturated heterocycles.